The molecule has 96 valence electrons. The predicted octanol–water partition coefficient (Wildman–Crippen LogP) is 1.44. The highest BCUT2D eigenvalue weighted by atomic mass is 16.5. The van der Waals surface area contributed by atoms with Crippen LogP contribution in [0.15, 0.2) is 30.3 Å². The third kappa shape index (κ3) is 7.10. The molecule has 1 atom stereocenters. The highest BCUT2D eigenvalue weighted by Crippen LogP contribution is 1.98. The molecule has 17 heavy (non-hydrogen) atoms. The van der Waals surface area contributed by atoms with Crippen molar-refractivity contribution in [2.24, 2.45) is 0 Å². The Balaban J connectivity index is 2.02. The van der Waals surface area contributed by atoms with Gasteiger partial charge in [-0.3, -0.25) is 0 Å². The largest absolute Gasteiger partial charge is 0.383 e. The maximum Gasteiger partial charge on any atom is 0.0587 e. The molecule has 3 nitrogen and oxygen atoms in total. The average molecular weight is 236 g/mol. The molecular weight excluding hydrogens is 212 g/mol. The summed E-state index contributed by atoms with van der Waals surface area (Å²) in [5.74, 6) is 0. The van der Waals surface area contributed by atoms with Gasteiger partial charge in [0.1, 0.15) is 0 Å². The summed E-state index contributed by atoms with van der Waals surface area (Å²) in [7, 11) is 1.73. The van der Waals surface area contributed by atoms with Crippen LogP contribution in [0.2, 0.25) is 0 Å². The van der Waals surface area contributed by atoms with Gasteiger partial charge >= 0.3 is 0 Å². The molecular formula is C14H24N2O. The Hall–Kier alpha value is -0.900. The highest BCUT2D eigenvalue weighted by Gasteiger charge is 1.99. The second-order valence-corrected chi connectivity index (χ2v) is 4.29. The molecule has 0 amide bonds. The molecule has 0 bridgehead atoms. The van der Waals surface area contributed by atoms with Crippen LogP contribution >= 0.6 is 0 Å². The molecule has 1 unspecified atom stereocenters. The number of rotatable bonds is 9. The lowest BCUT2D eigenvalue weighted by molar-refractivity contribution is 0.198. The lowest BCUT2D eigenvalue weighted by atomic mass is 10.1. The Labute approximate surface area is 105 Å². The monoisotopic (exact) mass is 236 g/mol. The zero-order chi connectivity index (χ0) is 12.3. The molecule has 0 radical (unpaired) electrons. The van der Waals surface area contributed by atoms with Crippen LogP contribution in [0.5, 0.6) is 0 Å². The molecule has 2 N–H and O–H groups in total. The standard InChI is InChI=1S/C14H24N2O/c1-13(12-15-10-11-17-2)16-9-8-14-6-4-3-5-7-14/h3-7,13,15-16H,8-12H2,1-2H3. The first-order valence-corrected chi connectivity index (χ1v) is 6.30. The van der Waals surface area contributed by atoms with Crippen LogP contribution < -0.4 is 10.6 Å². The van der Waals surface area contributed by atoms with Crippen LogP contribution in [0.3, 0.4) is 0 Å². The van der Waals surface area contributed by atoms with Gasteiger partial charge in [-0.25, -0.2) is 0 Å². The van der Waals surface area contributed by atoms with Crippen LogP contribution in [0.25, 0.3) is 0 Å². The maximum atomic E-state index is 4.98. The first-order chi connectivity index (χ1) is 8.33. The van der Waals surface area contributed by atoms with E-state index in [0.717, 1.165) is 32.7 Å². The molecule has 0 aliphatic heterocycles. The summed E-state index contributed by atoms with van der Waals surface area (Å²) in [4.78, 5) is 0. The molecule has 3 heteroatoms. The van der Waals surface area contributed by atoms with E-state index >= 15 is 0 Å². The highest BCUT2D eigenvalue weighted by molar-refractivity contribution is 5.14. The first-order valence-electron chi connectivity index (χ1n) is 6.30. The maximum absolute atomic E-state index is 4.98. The van der Waals surface area contributed by atoms with Crippen LogP contribution in [0.4, 0.5) is 0 Å². The molecule has 0 saturated heterocycles. The molecule has 0 aliphatic carbocycles. The first kappa shape index (κ1) is 14.2. The Kier molecular flexibility index (Phi) is 7.63. The fourth-order valence-corrected chi connectivity index (χ4v) is 1.67. The van der Waals surface area contributed by atoms with Crippen LogP contribution in [-0.2, 0) is 11.2 Å². The number of benzene rings is 1. The van der Waals surface area contributed by atoms with Crippen molar-refractivity contribution in [2.45, 2.75) is 19.4 Å². The van der Waals surface area contributed by atoms with Crippen molar-refractivity contribution in [1.82, 2.24) is 10.6 Å². The van der Waals surface area contributed by atoms with Gasteiger partial charge in [0.05, 0.1) is 6.61 Å². The van der Waals surface area contributed by atoms with Crippen molar-refractivity contribution >= 4 is 0 Å². The molecule has 0 fully saturated rings. The van der Waals surface area contributed by atoms with Gasteiger partial charge in [0.15, 0.2) is 0 Å². The Morgan fingerprint density at radius 3 is 2.65 bits per heavy atom. The van der Waals surface area contributed by atoms with E-state index in [2.05, 4.69) is 47.9 Å². The van der Waals surface area contributed by atoms with Crippen molar-refractivity contribution in [3.05, 3.63) is 35.9 Å². The zero-order valence-electron chi connectivity index (χ0n) is 10.9. The third-order valence-electron chi connectivity index (χ3n) is 2.68. The van der Waals surface area contributed by atoms with E-state index in [9.17, 15) is 0 Å². The van der Waals surface area contributed by atoms with Crippen molar-refractivity contribution < 1.29 is 4.74 Å². The summed E-state index contributed by atoms with van der Waals surface area (Å²) < 4.78 is 4.98. The number of hydrogen-bond donors (Lipinski definition) is 2. The Morgan fingerprint density at radius 1 is 1.18 bits per heavy atom. The molecule has 0 aliphatic rings. The van der Waals surface area contributed by atoms with E-state index in [0.29, 0.717) is 6.04 Å². The second-order valence-electron chi connectivity index (χ2n) is 4.29. The molecule has 1 aromatic rings. The van der Waals surface area contributed by atoms with Gasteiger partial charge in [-0.1, -0.05) is 30.3 Å². The average Bonchev–Trinajstić information content (AvgIpc) is 2.36. The molecule has 1 aromatic carbocycles. The molecule has 0 spiro atoms. The zero-order valence-corrected chi connectivity index (χ0v) is 10.9. The number of hydrogen-bond acceptors (Lipinski definition) is 3. The van der Waals surface area contributed by atoms with Gasteiger partial charge in [-0.05, 0) is 25.5 Å². The van der Waals surface area contributed by atoms with Gasteiger partial charge in [0.2, 0.25) is 0 Å². The number of ether oxygens (including phenoxy) is 1. The molecule has 0 heterocycles. The van der Waals surface area contributed by atoms with E-state index in [4.69, 9.17) is 4.74 Å². The quantitative estimate of drug-likeness (QED) is 0.637. The minimum Gasteiger partial charge on any atom is -0.383 e. The Morgan fingerprint density at radius 2 is 1.94 bits per heavy atom. The Bertz CT molecular complexity index is 277. The minimum absolute atomic E-state index is 0.496. The van der Waals surface area contributed by atoms with Gasteiger partial charge in [0.25, 0.3) is 0 Å². The predicted molar refractivity (Wildman–Crippen MR) is 72.4 cm³/mol. The number of methoxy groups -OCH3 is 1. The van der Waals surface area contributed by atoms with Gasteiger partial charge in [-0.2, -0.15) is 0 Å². The van der Waals surface area contributed by atoms with Gasteiger partial charge in [-0.15, -0.1) is 0 Å². The summed E-state index contributed by atoms with van der Waals surface area (Å²) >= 11 is 0. The van der Waals surface area contributed by atoms with E-state index in [1.54, 1.807) is 7.11 Å². The van der Waals surface area contributed by atoms with E-state index < -0.39 is 0 Å². The lowest BCUT2D eigenvalue weighted by Gasteiger charge is -2.14. The molecule has 1 rings (SSSR count). The summed E-state index contributed by atoms with van der Waals surface area (Å²) in [6.07, 6.45) is 1.09. The smallest absolute Gasteiger partial charge is 0.0587 e. The molecule has 0 aromatic heterocycles. The van der Waals surface area contributed by atoms with Crippen LogP contribution in [0.1, 0.15) is 12.5 Å². The van der Waals surface area contributed by atoms with Crippen molar-refractivity contribution in [2.75, 3.05) is 33.4 Å². The summed E-state index contributed by atoms with van der Waals surface area (Å²) in [5, 5.41) is 6.85. The normalized spacial score (nSPS) is 12.6. The lowest BCUT2D eigenvalue weighted by Crippen LogP contribution is -2.38. The summed E-state index contributed by atoms with van der Waals surface area (Å²) in [5.41, 5.74) is 1.39. The van der Waals surface area contributed by atoms with Crippen LogP contribution in [-0.4, -0.2) is 39.4 Å². The van der Waals surface area contributed by atoms with E-state index in [1.807, 2.05) is 0 Å². The fourth-order valence-electron chi connectivity index (χ4n) is 1.67. The fraction of sp³-hybridized carbons (Fsp3) is 0.571. The summed E-state index contributed by atoms with van der Waals surface area (Å²) in [6.45, 7) is 5.90. The topological polar surface area (TPSA) is 33.3 Å². The van der Waals surface area contributed by atoms with E-state index in [-0.39, 0.29) is 0 Å². The summed E-state index contributed by atoms with van der Waals surface area (Å²) in [6, 6.07) is 11.1. The van der Waals surface area contributed by atoms with E-state index in [1.165, 1.54) is 5.56 Å². The van der Waals surface area contributed by atoms with Crippen LogP contribution in [0, 0.1) is 0 Å². The van der Waals surface area contributed by atoms with Gasteiger partial charge < -0.3 is 15.4 Å². The SMILES string of the molecule is COCCNCC(C)NCCc1ccccc1. The molecule has 0 saturated carbocycles. The minimum atomic E-state index is 0.496. The van der Waals surface area contributed by atoms with Crippen molar-refractivity contribution in [3.8, 4) is 0 Å². The second kappa shape index (κ2) is 9.16. The number of nitrogens with one attached hydrogen (secondary N) is 2. The van der Waals surface area contributed by atoms with Gasteiger partial charge in [0, 0.05) is 26.2 Å². The van der Waals surface area contributed by atoms with Crippen molar-refractivity contribution in [1.29, 1.82) is 0 Å². The third-order valence-corrected chi connectivity index (χ3v) is 2.68. The van der Waals surface area contributed by atoms with Crippen molar-refractivity contribution in [3.63, 3.8) is 0 Å².